The summed E-state index contributed by atoms with van der Waals surface area (Å²) in [5.41, 5.74) is 6.83. The fourth-order valence-corrected chi connectivity index (χ4v) is 9.92. The number of carbonyl (C=O) groups is 5. The molecule has 8 rings (SSSR count). The number of aromatic nitrogens is 5. The third kappa shape index (κ3) is 7.47. The Morgan fingerprint density at radius 3 is 2.54 bits per heavy atom. The molecule has 0 unspecified atom stereocenters. The van der Waals surface area contributed by atoms with Gasteiger partial charge in [-0.05, 0) is 17.3 Å². The number of hydrogen-bond acceptors (Lipinski definition) is 16. The van der Waals surface area contributed by atoms with Gasteiger partial charge in [0.25, 0.3) is 5.91 Å². The molecule has 0 radical (unpaired) electrons. The fourth-order valence-electron chi connectivity index (χ4n) is 7.72. The van der Waals surface area contributed by atoms with Gasteiger partial charge in [0.1, 0.15) is 12.2 Å². The summed E-state index contributed by atoms with van der Waals surface area (Å²) in [6.07, 6.45) is -0.578. The van der Waals surface area contributed by atoms with Gasteiger partial charge in [0.05, 0.1) is 53.6 Å². The van der Waals surface area contributed by atoms with E-state index in [2.05, 4.69) is 36.1 Å². The number of oxime groups is 1. The quantitative estimate of drug-likeness (QED) is 0.0373. The lowest BCUT2D eigenvalue weighted by atomic mass is 9.70. The standard InChI is InChI=1S/C33H35ClN10O10S2/c34-23-16(1-2-19(45)26(23)49)28(50)36-14-33-3-6-44(7-4-33,8-5-33)11-15-12-55-30-17(29(51)43(30)25(15)27-38-41-42-39-27)9-20(46)24(18-13-56-32(35)37-18)40-54-21(31(52)53)10-22(47)48/h1-2,13,17,21,30H,3-12,14H2,(H7-,35,36,37,38,39,40,41,42,45,46,47,48,49,50,52,53)/p+1/t17-,21-,30+,33?,44?/m0/s1. The molecule has 56 heavy (non-hydrogen) atoms. The normalized spacial score (nSPS) is 25.0. The molecule has 0 spiro atoms. The minimum atomic E-state index is -1.88. The molecule has 2 aromatic heterocycles. The SMILES string of the molecule is Nc1nc(/C(=N/O[C@@H](CC(=O)O)C(=O)O)C(=O)C[C@H]2C(=O)N3C(c4nn[nH]n4)=C(C[N+]45CCC(CNC(=O)c6ccc(O)c(O)c6Cl)(CC4)CC5)CS[C@H]23)cs1. The Bertz CT molecular complexity index is 2140. The summed E-state index contributed by atoms with van der Waals surface area (Å²) in [6.45, 7) is 3.55. The lowest BCUT2D eigenvalue weighted by Crippen LogP contribution is -2.65. The number of aromatic amines is 1. The predicted octanol–water partition coefficient (Wildman–Crippen LogP) is 1.28. The molecule has 0 aliphatic carbocycles. The van der Waals surface area contributed by atoms with Gasteiger partial charge >= 0.3 is 11.9 Å². The third-order valence-corrected chi connectivity index (χ3v) is 13.3. The molecule has 4 fully saturated rings. The zero-order valence-electron chi connectivity index (χ0n) is 29.4. The van der Waals surface area contributed by atoms with Crippen LogP contribution in [0.3, 0.4) is 0 Å². The Kier molecular flexibility index (Phi) is 10.6. The average molecular weight is 832 g/mol. The predicted molar refractivity (Wildman–Crippen MR) is 198 cm³/mol. The number of thiazole rings is 1. The summed E-state index contributed by atoms with van der Waals surface area (Å²) in [4.78, 5) is 74.0. The number of benzene rings is 1. The number of phenols is 2. The van der Waals surface area contributed by atoms with Crippen molar-refractivity contribution in [2.24, 2.45) is 16.5 Å². The molecule has 7 heterocycles. The van der Waals surface area contributed by atoms with E-state index in [1.54, 1.807) is 4.90 Å². The van der Waals surface area contributed by atoms with Crippen LogP contribution in [0, 0.1) is 11.3 Å². The summed E-state index contributed by atoms with van der Waals surface area (Å²) in [7, 11) is 0. The molecular weight excluding hydrogens is 796 g/mol. The van der Waals surface area contributed by atoms with Crippen LogP contribution in [-0.2, 0) is 24.0 Å². The number of rotatable bonds is 15. The maximum absolute atomic E-state index is 13.9. The van der Waals surface area contributed by atoms with Gasteiger partial charge in [0.2, 0.25) is 17.8 Å². The molecule has 0 saturated carbocycles. The van der Waals surface area contributed by atoms with Crippen molar-refractivity contribution in [2.45, 2.75) is 43.6 Å². The highest BCUT2D eigenvalue weighted by Crippen LogP contribution is 2.50. The number of quaternary nitrogens is 1. The van der Waals surface area contributed by atoms with Gasteiger partial charge in [-0.2, -0.15) is 5.21 Å². The summed E-state index contributed by atoms with van der Waals surface area (Å²) in [5.74, 6) is -5.48. The molecule has 20 nitrogen and oxygen atoms in total. The van der Waals surface area contributed by atoms with Crippen LogP contribution in [0.2, 0.25) is 5.02 Å². The Morgan fingerprint density at radius 2 is 1.91 bits per heavy atom. The van der Waals surface area contributed by atoms with E-state index >= 15 is 0 Å². The van der Waals surface area contributed by atoms with Crippen molar-refractivity contribution in [3.8, 4) is 11.5 Å². The summed E-state index contributed by atoms with van der Waals surface area (Å²) < 4.78 is 0.773. The number of tetrazole rings is 1. The monoisotopic (exact) mass is 831 g/mol. The van der Waals surface area contributed by atoms with Gasteiger partial charge in [0.15, 0.2) is 28.1 Å². The van der Waals surface area contributed by atoms with Crippen LogP contribution in [0.1, 0.15) is 54.0 Å². The third-order valence-electron chi connectivity index (χ3n) is 10.9. The van der Waals surface area contributed by atoms with E-state index in [1.807, 2.05) is 0 Å². The van der Waals surface area contributed by atoms with Crippen molar-refractivity contribution in [2.75, 3.05) is 44.2 Å². The molecule has 4 saturated heterocycles. The lowest BCUT2D eigenvalue weighted by molar-refractivity contribution is -0.941. The summed E-state index contributed by atoms with van der Waals surface area (Å²) >= 11 is 8.61. The number of Topliss-reactive ketones (excluding diaryl/α,β-unsaturated/α-hetero) is 1. The Morgan fingerprint density at radius 1 is 1.18 bits per heavy atom. The van der Waals surface area contributed by atoms with Crippen LogP contribution in [0.25, 0.3) is 5.70 Å². The molecule has 1 aromatic carbocycles. The van der Waals surface area contributed by atoms with E-state index in [-0.39, 0.29) is 50.7 Å². The minimum absolute atomic E-state index is 0.00280. The van der Waals surface area contributed by atoms with Crippen LogP contribution in [-0.4, -0.2) is 141 Å². The number of ketones is 1. The van der Waals surface area contributed by atoms with Crippen LogP contribution >= 0.6 is 34.7 Å². The number of piperidine rings is 3. The molecule has 5 aliphatic heterocycles. The number of fused-ring (bicyclic) bond motifs is 4. The Labute approximate surface area is 330 Å². The molecule has 3 atom stereocenters. The van der Waals surface area contributed by atoms with E-state index in [1.165, 1.54) is 29.3 Å². The van der Waals surface area contributed by atoms with Crippen molar-refractivity contribution < 1.29 is 53.7 Å². The van der Waals surface area contributed by atoms with E-state index in [9.17, 15) is 39.3 Å². The first-order valence-electron chi connectivity index (χ1n) is 17.4. The topological polar surface area (TPSA) is 297 Å². The number of aliphatic carboxylic acids is 2. The van der Waals surface area contributed by atoms with Crippen molar-refractivity contribution in [1.82, 2.24) is 35.8 Å². The average Bonchev–Trinajstić information content (AvgIpc) is 3.87. The highest BCUT2D eigenvalue weighted by atomic mass is 35.5. The van der Waals surface area contributed by atoms with Crippen LogP contribution in [0.15, 0.2) is 28.2 Å². The molecule has 2 bridgehead atoms. The molecule has 2 amide bonds. The van der Waals surface area contributed by atoms with Gasteiger partial charge in [-0.1, -0.05) is 16.8 Å². The largest absolute Gasteiger partial charge is 0.504 e. The molecular formula is C33H36ClN10O10S2+. The number of carbonyl (C=O) groups excluding carboxylic acids is 3. The van der Waals surface area contributed by atoms with E-state index < -0.39 is 58.9 Å². The van der Waals surface area contributed by atoms with Crippen molar-refractivity contribution in [3.05, 3.63) is 45.2 Å². The molecule has 296 valence electrons. The first-order valence-corrected chi connectivity index (χ1v) is 19.7. The summed E-state index contributed by atoms with van der Waals surface area (Å²) in [5, 5.41) is 60.3. The number of nitrogens with two attached hydrogens (primary N) is 1. The second-order valence-electron chi connectivity index (χ2n) is 14.3. The zero-order valence-corrected chi connectivity index (χ0v) is 31.8. The molecule has 23 heteroatoms. The number of carboxylic acid groups (broad SMARTS) is 2. The van der Waals surface area contributed by atoms with Crippen LogP contribution in [0.5, 0.6) is 11.5 Å². The zero-order chi connectivity index (χ0) is 39.9. The number of nitrogen functional groups attached to an aromatic ring is 1. The van der Waals surface area contributed by atoms with Gasteiger partial charge in [-0.3, -0.25) is 24.1 Å². The van der Waals surface area contributed by atoms with E-state index in [0.29, 0.717) is 24.5 Å². The maximum atomic E-state index is 13.9. The number of anilines is 1. The van der Waals surface area contributed by atoms with Crippen molar-refractivity contribution in [3.63, 3.8) is 0 Å². The number of phenolic OH excluding ortho intramolecular Hbond substituents is 2. The number of halogens is 1. The van der Waals surface area contributed by atoms with Gasteiger partial charge in [0, 0.05) is 54.3 Å². The summed E-state index contributed by atoms with van der Waals surface area (Å²) in [6, 6.07) is 2.58. The minimum Gasteiger partial charge on any atom is -0.504 e. The van der Waals surface area contributed by atoms with Gasteiger partial charge in [-0.25, -0.2) is 9.78 Å². The number of β-lactam (4-membered cyclic amide) rings is 1. The van der Waals surface area contributed by atoms with Crippen LogP contribution < -0.4 is 11.1 Å². The molecule has 8 N–H and O–H groups in total. The lowest BCUT2D eigenvalue weighted by Gasteiger charge is -2.56. The van der Waals surface area contributed by atoms with E-state index in [4.69, 9.17) is 27.3 Å². The highest BCUT2D eigenvalue weighted by Gasteiger charge is 2.55. The highest BCUT2D eigenvalue weighted by molar-refractivity contribution is 8.00. The van der Waals surface area contributed by atoms with Crippen molar-refractivity contribution in [1.29, 1.82) is 0 Å². The van der Waals surface area contributed by atoms with E-state index in [0.717, 1.165) is 60.3 Å². The Hall–Kier alpha value is -5.32. The van der Waals surface area contributed by atoms with Gasteiger partial charge < -0.3 is 40.8 Å². The number of hydrogen-bond donors (Lipinski definition) is 7. The second-order valence-corrected chi connectivity index (χ2v) is 16.6. The smallest absolute Gasteiger partial charge is 0.348 e. The van der Waals surface area contributed by atoms with Crippen molar-refractivity contribution >= 4 is 80.8 Å². The van der Waals surface area contributed by atoms with Crippen LogP contribution in [0.4, 0.5) is 5.13 Å². The van der Waals surface area contributed by atoms with Gasteiger partial charge in [-0.15, -0.1) is 33.3 Å². The number of aromatic hydroxyl groups is 2. The number of H-pyrrole nitrogens is 1. The first-order chi connectivity index (χ1) is 26.7. The maximum Gasteiger partial charge on any atom is 0.348 e. The number of thioether (sulfide) groups is 1. The Balaban J connectivity index is 1.04. The molecule has 3 aromatic rings. The molecule has 5 aliphatic rings. The first kappa shape index (κ1) is 38.9. The number of nitrogens with zero attached hydrogens (tertiary/aromatic N) is 7. The second kappa shape index (κ2) is 15.3. The fraction of sp³-hybridized carbons (Fsp3) is 0.455. The number of amides is 2. The number of carboxylic acids is 2. The number of nitrogens with one attached hydrogen (secondary N) is 2.